The fourth-order valence-electron chi connectivity index (χ4n) is 6.55. The second-order valence-corrected chi connectivity index (χ2v) is 12.6. The molecular formula is C34H40N4O10. The Morgan fingerprint density at radius 2 is 1.83 bits per heavy atom. The number of aryl methyl sites for hydroxylation is 1. The number of fused-ring (bicyclic) bond motifs is 1. The normalized spacial score (nSPS) is 24.0. The summed E-state index contributed by atoms with van der Waals surface area (Å²) in [5.41, 5.74) is -0.627. The van der Waals surface area contributed by atoms with E-state index in [1.165, 1.54) is 24.2 Å². The molecule has 1 saturated heterocycles. The van der Waals surface area contributed by atoms with Crippen molar-refractivity contribution in [3.63, 3.8) is 0 Å². The van der Waals surface area contributed by atoms with Gasteiger partial charge in [0.1, 0.15) is 41.3 Å². The number of carboxylic acid groups (broad SMARTS) is 2. The molecule has 2 aromatic rings. The Balaban J connectivity index is 1.46. The number of hydrogen-bond acceptors (Lipinski definition) is 9. The Morgan fingerprint density at radius 1 is 1.12 bits per heavy atom. The summed E-state index contributed by atoms with van der Waals surface area (Å²) in [4.78, 5) is 70.4. The molecule has 14 nitrogen and oxygen atoms in total. The summed E-state index contributed by atoms with van der Waals surface area (Å²) < 4.78 is 17.2. The zero-order chi connectivity index (χ0) is 34.9. The van der Waals surface area contributed by atoms with E-state index in [9.17, 15) is 34.2 Å². The molecule has 48 heavy (non-hydrogen) atoms. The van der Waals surface area contributed by atoms with E-state index >= 15 is 0 Å². The maximum Gasteiger partial charge on any atom is 0.408 e. The molecule has 3 amide bonds. The lowest BCUT2D eigenvalue weighted by molar-refractivity contribution is -0.145. The van der Waals surface area contributed by atoms with Crippen LogP contribution in [-0.4, -0.2) is 93.4 Å². The molecule has 2 saturated carbocycles. The molecule has 1 aromatic heterocycles. The Labute approximate surface area is 277 Å². The van der Waals surface area contributed by atoms with Crippen LogP contribution >= 0.6 is 0 Å². The van der Waals surface area contributed by atoms with Gasteiger partial charge in [0.15, 0.2) is 5.69 Å². The Bertz CT molecular complexity index is 1690. The quantitative estimate of drug-likeness (QED) is 0.243. The molecule has 3 aliphatic rings. The molecule has 0 bridgehead atoms. The average molecular weight is 665 g/mol. The smallest absolute Gasteiger partial charge is 0.408 e. The number of likely N-dealkylation sites (tertiary alicyclic amines) is 1. The lowest BCUT2D eigenvalue weighted by Gasteiger charge is -2.29. The zero-order valence-electron chi connectivity index (χ0n) is 27.1. The molecule has 1 aromatic carbocycles. The second kappa shape index (κ2) is 13.5. The van der Waals surface area contributed by atoms with Gasteiger partial charge in [0.2, 0.25) is 11.8 Å². The number of nitrogens with zero attached hydrogens (tertiary/aromatic N) is 2. The second-order valence-electron chi connectivity index (χ2n) is 12.6. The molecule has 5 rings (SSSR count). The maximum atomic E-state index is 14.1. The monoisotopic (exact) mass is 664 g/mol. The first kappa shape index (κ1) is 34.2. The summed E-state index contributed by atoms with van der Waals surface area (Å²) in [6.07, 6.45) is 2.97. The molecule has 1 aliphatic heterocycles. The van der Waals surface area contributed by atoms with Gasteiger partial charge >= 0.3 is 18.0 Å². The van der Waals surface area contributed by atoms with Crippen molar-refractivity contribution in [2.75, 3.05) is 13.7 Å². The first-order chi connectivity index (χ1) is 22.8. The van der Waals surface area contributed by atoms with E-state index in [0.717, 1.165) is 25.7 Å². The first-order valence-electron chi connectivity index (χ1n) is 15.8. The number of alkyl carbamates (subject to hydrolysis) is 1. The number of carbonyl (C=O) groups excluding carboxylic acids is 3. The molecule has 2 aliphatic carbocycles. The van der Waals surface area contributed by atoms with Gasteiger partial charge in [0, 0.05) is 29.4 Å². The molecule has 3 fully saturated rings. The van der Waals surface area contributed by atoms with Gasteiger partial charge in [-0.15, -0.1) is 6.58 Å². The summed E-state index contributed by atoms with van der Waals surface area (Å²) in [7, 11) is 1.48. The number of benzene rings is 1. The third-order valence-electron chi connectivity index (χ3n) is 9.33. The van der Waals surface area contributed by atoms with Crippen LogP contribution in [0, 0.1) is 12.8 Å². The molecule has 0 radical (unpaired) electrons. The van der Waals surface area contributed by atoms with Crippen LogP contribution in [0.15, 0.2) is 43.0 Å². The van der Waals surface area contributed by atoms with Crippen LogP contribution in [0.1, 0.15) is 61.5 Å². The number of aromatic carboxylic acids is 1. The Morgan fingerprint density at radius 3 is 2.42 bits per heavy atom. The number of rotatable bonds is 12. The first-order valence-corrected chi connectivity index (χ1v) is 15.8. The number of carboxylic acids is 2. The van der Waals surface area contributed by atoms with Crippen LogP contribution in [0.2, 0.25) is 0 Å². The summed E-state index contributed by atoms with van der Waals surface area (Å²) >= 11 is 0. The van der Waals surface area contributed by atoms with E-state index in [4.69, 9.17) is 14.2 Å². The standard InChI is InChI=1S/C34H40N4O10/c1-6-19-15-34(19,32(43)44)37-29(39)24-13-21(16-38(24)30(40)27(17(2)3)36-33(45)48-20-9-7-8-10-20)47-26-14-23(31(41)42)35-28-18(4)25(46-5)12-11-22(26)28/h6,11-12,14,19-21,24,27H,1-2,7-10,13,15-16H2,3-5H3,(H,36,45)(H,37,39)(H,41,42)(H,43,44)/t19-,21-,24+,27+,34-/m1/s1. The van der Waals surface area contributed by atoms with Crippen LogP contribution < -0.4 is 20.1 Å². The van der Waals surface area contributed by atoms with Gasteiger partial charge in [-0.3, -0.25) is 9.59 Å². The van der Waals surface area contributed by atoms with Gasteiger partial charge < -0.3 is 40.0 Å². The van der Waals surface area contributed by atoms with Crippen LogP contribution in [0.5, 0.6) is 11.5 Å². The van der Waals surface area contributed by atoms with Gasteiger partial charge in [0.05, 0.1) is 19.2 Å². The van der Waals surface area contributed by atoms with Crippen LogP contribution in [0.3, 0.4) is 0 Å². The minimum atomic E-state index is -1.56. The number of aliphatic carboxylic acids is 1. The van der Waals surface area contributed by atoms with E-state index in [0.29, 0.717) is 27.8 Å². The summed E-state index contributed by atoms with van der Waals surface area (Å²) in [6.45, 7) is 10.7. The summed E-state index contributed by atoms with van der Waals surface area (Å²) in [5, 5.41) is 25.4. The van der Waals surface area contributed by atoms with Crippen LogP contribution in [0.25, 0.3) is 10.9 Å². The van der Waals surface area contributed by atoms with Crippen molar-refractivity contribution in [3.8, 4) is 11.5 Å². The largest absolute Gasteiger partial charge is 0.496 e. The highest BCUT2D eigenvalue weighted by molar-refractivity contribution is 5.97. The SMILES string of the molecule is C=C[C@@H]1C[C@]1(NC(=O)[C@@H]1C[C@@H](Oc2cc(C(=O)O)nc3c(C)c(OC)ccc23)CN1C(=O)[C@@H](NC(=O)OC1CCCC1)C(=C)C)C(=O)O. The third kappa shape index (κ3) is 6.64. The van der Waals surface area contributed by atoms with Gasteiger partial charge in [-0.2, -0.15) is 0 Å². The number of nitrogens with one attached hydrogen (secondary N) is 2. The topological polar surface area (TPSA) is 194 Å². The summed E-state index contributed by atoms with van der Waals surface area (Å²) in [6, 6.07) is 2.18. The Hall–Kier alpha value is -5.14. The van der Waals surface area contributed by atoms with Gasteiger partial charge in [0.25, 0.3) is 0 Å². The molecule has 5 atom stereocenters. The van der Waals surface area contributed by atoms with Gasteiger partial charge in [-0.1, -0.05) is 12.7 Å². The number of amides is 3. The zero-order valence-corrected chi connectivity index (χ0v) is 27.1. The highest BCUT2D eigenvalue weighted by Crippen LogP contribution is 2.45. The number of carbonyl (C=O) groups is 5. The van der Waals surface area contributed by atoms with E-state index in [2.05, 4.69) is 28.8 Å². The van der Waals surface area contributed by atoms with Crippen molar-refractivity contribution in [2.24, 2.45) is 5.92 Å². The van der Waals surface area contributed by atoms with Crippen LogP contribution in [-0.2, 0) is 19.1 Å². The number of hydrogen-bond donors (Lipinski definition) is 4. The minimum Gasteiger partial charge on any atom is -0.496 e. The fourth-order valence-corrected chi connectivity index (χ4v) is 6.55. The molecule has 2 heterocycles. The van der Waals surface area contributed by atoms with Crippen molar-refractivity contribution < 1.29 is 48.4 Å². The molecular weight excluding hydrogens is 624 g/mol. The Kier molecular flexibility index (Phi) is 9.64. The lowest BCUT2D eigenvalue weighted by Crippen LogP contribution is -2.56. The lowest BCUT2D eigenvalue weighted by atomic mass is 10.1. The molecule has 256 valence electrons. The van der Waals surface area contributed by atoms with Gasteiger partial charge in [-0.25, -0.2) is 19.4 Å². The highest BCUT2D eigenvalue weighted by atomic mass is 16.6. The third-order valence-corrected chi connectivity index (χ3v) is 9.33. The predicted molar refractivity (Wildman–Crippen MR) is 172 cm³/mol. The number of ether oxygens (including phenoxy) is 3. The predicted octanol–water partition coefficient (Wildman–Crippen LogP) is 3.36. The molecule has 0 unspecified atom stereocenters. The minimum absolute atomic E-state index is 0.0666. The highest BCUT2D eigenvalue weighted by Gasteiger charge is 2.61. The number of methoxy groups -OCH3 is 1. The van der Waals surface area contributed by atoms with E-state index < -0.39 is 59.5 Å². The van der Waals surface area contributed by atoms with Crippen molar-refractivity contribution in [1.29, 1.82) is 0 Å². The van der Waals surface area contributed by atoms with Gasteiger partial charge in [-0.05, 0) is 63.7 Å². The van der Waals surface area contributed by atoms with Crippen molar-refractivity contribution in [2.45, 2.75) is 82.2 Å². The number of pyridine rings is 1. The van der Waals surface area contributed by atoms with Crippen molar-refractivity contribution in [3.05, 3.63) is 54.3 Å². The van der Waals surface area contributed by atoms with E-state index in [-0.39, 0.29) is 36.9 Å². The molecule has 4 N–H and O–H groups in total. The molecule has 0 spiro atoms. The van der Waals surface area contributed by atoms with Crippen molar-refractivity contribution in [1.82, 2.24) is 20.5 Å². The van der Waals surface area contributed by atoms with Crippen LogP contribution in [0.4, 0.5) is 4.79 Å². The average Bonchev–Trinajstić information content (AvgIpc) is 3.32. The fraction of sp³-hybridized carbons (Fsp3) is 0.471. The van der Waals surface area contributed by atoms with Crippen molar-refractivity contribution >= 4 is 40.7 Å². The summed E-state index contributed by atoms with van der Waals surface area (Å²) in [5.74, 6) is -3.74. The maximum absolute atomic E-state index is 14.1. The number of aromatic nitrogens is 1. The molecule has 14 heteroatoms. The van der Waals surface area contributed by atoms with E-state index in [1.54, 1.807) is 26.0 Å². The van der Waals surface area contributed by atoms with E-state index in [1.807, 2.05) is 0 Å².